The van der Waals surface area contributed by atoms with Crippen LogP contribution in [0.3, 0.4) is 0 Å². The zero-order valence-electron chi connectivity index (χ0n) is 9.27. The maximum absolute atomic E-state index is 13.1. The Bertz CT molecular complexity index is 488. The van der Waals surface area contributed by atoms with E-state index >= 15 is 0 Å². The van der Waals surface area contributed by atoms with Crippen LogP contribution in [-0.4, -0.2) is 11.5 Å². The molecule has 88 valence electrons. The van der Waals surface area contributed by atoms with Gasteiger partial charge < -0.3 is 5.73 Å². The van der Waals surface area contributed by atoms with Gasteiger partial charge in [0, 0.05) is 22.2 Å². The highest BCUT2D eigenvalue weighted by molar-refractivity contribution is 7.99. The smallest absolute Gasteiger partial charge is 0.123 e. The molecule has 1 heterocycles. The Morgan fingerprint density at radius 1 is 1.18 bits per heavy atom. The highest BCUT2D eigenvalue weighted by Gasteiger charge is 2.05. The van der Waals surface area contributed by atoms with Crippen LogP contribution in [0.2, 0.25) is 0 Å². The van der Waals surface area contributed by atoms with E-state index in [1.807, 2.05) is 12.1 Å². The zero-order chi connectivity index (χ0) is 12.1. The van der Waals surface area contributed by atoms with Crippen LogP contribution in [-0.2, 0) is 6.42 Å². The maximum Gasteiger partial charge on any atom is 0.123 e. The molecule has 0 aliphatic carbocycles. The minimum absolute atomic E-state index is 0.215. The molecule has 0 radical (unpaired) electrons. The molecule has 0 fully saturated rings. The van der Waals surface area contributed by atoms with E-state index in [9.17, 15) is 4.39 Å². The van der Waals surface area contributed by atoms with Gasteiger partial charge in [-0.15, -0.1) is 0 Å². The summed E-state index contributed by atoms with van der Waals surface area (Å²) in [6, 6.07) is 8.69. The summed E-state index contributed by atoms with van der Waals surface area (Å²) < 4.78 is 13.1. The first-order valence-electron chi connectivity index (χ1n) is 5.36. The van der Waals surface area contributed by atoms with Crippen LogP contribution in [0.4, 0.5) is 4.39 Å². The fraction of sp³-hybridized carbons (Fsp3) is 0.154. The number of rotatable bonds is 4. The fourth-order valence-corrected chi connectivity index (χ4v) is 2.47. The van der Waals surface area contributed by atoms with Crippen molar-refractivity contribution in [3.8, 4) is 0 Å². The van der Waals surface area contributed by atoms with Gasteiger partial charge in [-0.3, -0.25) is 4.98 Å². The largest absolute Gasteiger partial charge is 0.330 e. The van der Waals surface area contributed by atoms with Crippen molar-refractivity contribution in [3.05, 3.63) is 54.1 Å². The Kier molecular flexibility index (Phi) is 4.12. The van der Waals surface area contributed by atoms with Crippen molar-refractivity contribution in [2.45, 2.75) is 16.2 Å². The molecule has 0 saturated carbocycles. The van der Waals surface area contributed by atoms with Crippen molar-refractivity contribution in [1.82, 2.24) is 4.98 Å². The molecule has 17 heavy (non-hydrogen) atoms. The average molecular weight is 248 g/mol. The topological polar surface area (TPSA) is 38.9 Å². The van der Waals surface area contributed by atoms with Crippen LogP contribution in [0, 0.1) is 5.82 Å². The lowest BCUT2D eigenvalue weighted by atomic mass is 10.1. The molecule has 0 unspecified atom stereocenters. The third-order valence-electron chi connectivity index (χ3n) is 2.31. The van der Waals surface area contributed by atoms with Crippen molar-refractivity contribution < 1.29 is 4.39 Å². The molecule has 2 N–H and O–H groups in total. The summed E-state index contributed by atoms with van der Waals surface area (Å²) in [7, 11) is 0. The minimum atomic E-state index is -0.215. The number of nitrogens with zero attached hydrogens (tertiary/aromatic N) is 1. The molecular weight excluding hydrogens is 235 g/mol. The number of pyridine rings is 1. The monoisotopic (exact) mass is 248 g/mol. The Hall–Kier alpha value is -1.39. The van der Waals surface area contributed by atoms with E-state index in [4.69, 9.17) is 5.73 Å². The molecule has 4 heteroatoms. The number of nitrogens with two attached hydrogens (primary N) is 1. The summed E-state index contributed by atoms with van der Waals surface area (Å²) in [6.45, 7) is 0.521. The Labute approximate surface area is 104 Å². The first kappa shape index (κ1) is 12.1. The predicted molar refractivity (Wildman–Crippen MR) is 67.5 cm³/mol. The number of halogens is 1. The zero-order valence-corrected chi connectivity index (χ0v) is 10.1. The molecule has 0 spiro atoms. The summed E-state index contributed by atoms with van der Waals surface area (Å²) in [5.41, 5.74) is 6.48. The third kappa shape index (κ3) is 3.28. The molecule has 2 rings (SSSR count). The van der Waals surface area contributed by atoms with Gasteiger partial charge in [0.2, 0.25) is 0 Å². The molecule has 1 aromatic carbocycles. The molecular formula is C13H13FN2S. The van der Waals surface area contributed by atoms with Crippen molar-refractivity contribution in [1.29, 1.82) is 0 Å². The SMILES string of the molecule is NCCc1cc(F)ccc1Sc1ccncc1. The van der Waals surface area contributed by atoms with E-state index in [0.29, 0.717) is 13.0 Å². The van der Waals surface area contributed by atoms with Crippen LogP contribution >= 0.6 is 11.8 Å². The van der Waals surface area contributed by atoms with E-state index in [-0.39, 0.29) is 5.82 Å². The van der Waals surface area contributed by atoms with Crippen LogP contribution in [0.5, 0.6) is 0 Å². The summed E-state index contributed by atoms with van der Waals surface area (Å²) in [5, 5.41) is 0. The van der Waals surface area contributed by atoms with Gasteiger partial charge in [-0.1, -0.05) is 11.8 Å². The Morgan fingerprint density at radius 3 is 2.65 bits per heavy atom. The Morgan fingerprint density at radius 2 is 1.94 bits per heavy atom. The van der Waals surface area contributed by atoms with Crippen LogP contribution in [0.1, 0.15) is 5.56 Å². The summed E-state index contributed by atoms with van der Waals surface area (Å²) >= 11 is 1.60. The minimum Gasteiger partial charge on any atom is -0.330 e. The fourth-order valence-electron chi connectivity index (χ4n) is 1.53. The summed E-state index contributed by atoms with van der Waals surface area (Å²) in [6.07, 6.45) is 4.17. The second-order valence-corrected chi connectivity index (χ2v) is 4.69. The van der Waals surface area contributed by atoms with Crippen molar-refractivity contribution in [3.63, 3.8) is 0 Å². The van der Waals surface area contributed by atoms with Gasteiger partial charge in [-0.25, -0.2) is 4.39 Å². The summed E-state index contributed by atoms with van der Waals surface area (Å²) in [5.74, 6) is -0.215. The second kappa shape index (κ2) is 5.80. The molecule has 0 amide bonds. The maximum atomic E-state index is 13.1. The predicted octanol–water partition coefficient (Wildman–Crippen LogP) is 2.87. The van der Waals surface area contributed by atoms with Crippen molar-refractivity contribution in [2.75, 3.05) is 6.54 Å². The van der Waals surface area contributed by atoms with Gasteiger partial charge in [0.15, 0.2) is 0 Å². The second-order valence-electron chi connectivity index (χ2n) is 3.58. The van der Waals surface area contributed by atoms with E-state index in [0.717, 1.165) is 15.4 Å². The average Bonchev–Trinajstić information content (AvgIpc) is 2.34. The molecule has 2 aromatic rings. The first-order valence-corrected chi connectivity index (χ1v) is 6.17. The van der Waals surface area contributed by atoms with Crippen molar-refractivity contribution >= 4 is 11.8 Å². The number of benzene rings is 1. The van der Waals surface area contributed by atoms with Crippen LogP contribution in [0.15, 0.2) is 52.5 Å². The standard InChI is InChI=1S/C13H13FN2S/c14-11-1-2-13(10(9-11)3-6-15)17-12-4-7-16-8-5-12/h1-2,4-5,7-9H,3,6,15H2. The van der Waals surface area contributed by atoms with Crippen LogP contribution < -0.4 is 5.73 Å². The first-order chi connectivity index (χ1) is 8.29. The van der Waals surface area contributed by atoms with Crippen molar-refractivity contribution in [2.24, 2.45) is 5.73 Å². The molecule has 0 bridgehead atoms. The lowest BCUT2D eigenvalue weighted by Gasteiger charge is -2.08. The van der Waals surface area contributed by atoms with Gasteiger partial charge in [-0.2, -0.15) is 0 Å². The molecule has 2 nitrogen and oxygen atoms in total. The quantitative estimate of drug-likeness (QED) is 0.904. The third-order valence-corrected chi connectivity index (χ3v) is 3.44. The number of hydrogen-bond donors (Lipinski definition) is 1. The number of hydrogen-bond acceptors (Lipinski definition) is 3. The normalized spacial score (nSPS) is 10.5. The molecule has 0 aliphatic rings. The highest BCUT2D eigenvalue weighted by atomic mass is 32.2. The van der Waals surface area contributed by atoms with Gasteiger partial charge >= 0.3 is 0 Å². The van der Waals surface area contributed by atoms with E-state index in [1.165, 1.54) is 6.07 Å². The van der Waals surface area contributed by atoms with Crippen LogP contribution in [0.25, 0.3) is 0 Å². The lowest BCUT2D eigenvalue weighted by molar-refractivity contribution is 0.623. The molecule has 0 saturated heterocycles. The summed E-state index contributed by atoms with van der Waals surface area (Å²) in [4.78, 5) is 6.10. The van der Waals surface area contributed by atoms with Gasteiger partial charge in [0.25, 0.3) is 0 Å². The van der Waals surface area contributed by atoms with Gasteiger partial charge in [0.1, 0.15) is 5.82 Å². The van der Waals surface area contributed by atoms with Gasteiger partial charge in [-0.05, 0) is 48.9 Å². The van der Waals surface area contributed by atoms with Gasteiger partial charge in [0.05, 0.1) is 0 Å². The highest BCUT2D eigenvalue weighted by Crippen LogP contribution is 2.30. The lowest BCUT2D eigenvalue weighted by Crippen LogP contribution is -2.04. The molecule has 1 aromatic heterocycles. The van der Waals surface area contributed by atoms with E-state index in [2.05, 4.69) is 4.98 Å². The molecule has 0 aliphatic heterocycles. The Balaban J connectivity index is 2.26. The number of aromatic nitrogens is 1. The van der Waals surface area contributed by atoms with E-state index in [1.54, 1.807) is 36.3 Å². The molecule has 0 atom stereocenters. The van der Waals surface area contributed by atoms with E-state index < -0.39 is 0 Å².